The van der Waals surface area contributed by atoms with E-state index in [1.54, 1.807) is 12.1 Å². The molecule has 2 N–H and O–H groups in total. The van der Waals surface area contributed by atoms with Crippen LogP contribution in [0.4, 0.5) is 14.6 Å². The molecule has 1 aromatic heterocycles. The predicted octanol–water partition coefficient (Wildman–Crippen LogP) is 0.498. The SMILES string of the molecule is OCC(F)(F)COc1ccc(N2CCNCC2)nc1. The molecule has 0 atom stereocenters. The molecule has 5 nitrogen and oxygen atoms in total. The largest absolute Gasteiger partial charge is 0.486 e. The van der Waals surface area contributed by atoms with Crippen LogP contribution >= 0.6 is 0 Å². The van der Waals surface area contributed by atoms with E-state index >= 15 is 0 Å². The second kappa shape index (κ2) is 6.12. The molecule has 0 spiro atoms. The molecule has 19 heavy (non-hydrogen) atoms. The van der Waals surface area contributed by atoms with Gasteiger partial charge in [-0.2, -0.15) is 0 Å². The molecule has 2 heterocycles. The molecule has 1 fully saturated rings. The van der Waals surface area contributed by atoms with Crippen LogP contribution in [0.2, 0.25) is 0 Å². The van der Waals surface area contributed by atoms with Crippen molar-refractivity contribution in [3.63, 3.8) is 0 Å². The zero-order chi connectivity index (χ0) is 13.7. The van der Waals surface area contributed by atoms with E-state index in [1.165, 1.54) is 6.20 Å². The maximum atomic E-state index is 12.8. The van der Waals surface area contributed by atoms with E-state index in [4.69, 9.17) is 9.84 Å². The third-order valence-electron chi connectivity index (χ3n) is 2.84. The summed E-state index contributed by atoms with van der Waals surface area (Å²) in [6.07, 6.45) is 1.42. The van der Waals surface area contributed by atoms with Crippen molar-refractivity contribution >= 4 is 5.82 Å². The Balaban J connectivity index is 1.91. The van der Waals surface area contributed by atoms with E-state index in [-0.39, 0.29) is 5.75 Å². The number of piperazine rings is 1. The number of alkyl halides is 2. The average Bonchev–Trinajstić information content (AvgIpc) is 2.47. The van der Waals surface area contributed by atoms with Crippen LogP contribution in [0.3, 0.4) is 0 Å². The first-order chi connectivity index (χ1) is 9.11. The number of hydrogen-bond donors (Lipinski definition) is 2. The molecule has 0 aliphatic carbocycles. The Morgan fingerprint density at radius 1 is 1.37 bits per heavy atom. The van der Waals surface area contributed by atoms with Crippen molar-refractivity contribution in [2.45, 2.75) is 5.92 Å². The van der Waals surface area contributed by atoms with Crippen LogP contribution in [0.1, 0.15) is 0 Å². The van der Waals surface area contributed by atoms with Gasteiger partial charge in [0.15, 0.2) is 6.61 Å². The van der Waals surface area contributed by atoms with Gasteiger partial charge < -0.3 is 20.1 Å². The Kier molecular flexibility index (Phi) is 4.49. The molecule has 106 valence electrons. The van der Waals surface area contributed by atoms with E-state index in [9.17, 15) is 8.78 Å². The molecule has 0 radical (unpaired) electrons. The Labute approximate surface area is 110 Å². The van der Waals surface area contributed by atoms with Crippen LogP contribution in [0.5, 0.6) is 5.75 Å². The number of hydrogen-bond acceptors (Lipinski definition) is 5. The van der Waals surface area contributed by atoms with E-state index < -0.39 is 19.1 Å². The number of anilines is 1. The fourth-order valence-electron chi connectivity index (χ4n) is 1.77. The summed E-state index contributed by atoms with van der Waals surface area (Å²) in [7, 11) is 0. The second-order valence-electron chi connectivity index (χ2n) is 4.39. The molecule has 0 unspecified atom stereocenters. The van der Waals surface area contributed by atoms with Crippen molar-refractivity contribution in [3.05, 3.63) is 18.3 Å². The number of nitrogens with zero attached hydrogens (tertiary/aromatic N) is 2. The van der Waals surface area contributed by atoms with Crippen molar-refractivity contribution in [1.29, 1.82) is 0 Å². The number of aliphatic hydroxyl groups excluding tert-OH is 1. The van der Waals surface area contributed by atoms with Crippen LogP contribution < -0.4 is 15.0 Å². The molecule has 0 bridgehead atoms. The molecular weight excluding hydrogens is 256 g/mol. The molecule has 1 aromatic rings. The van der Waals surface area contributed by atoms with Gasteiger partial charge in [-0.1, -0.05) is 0 Å². The van der Waals surface area contributed by atoms with Crippen LogP contribution in [0.15, 0.2) is 18.3 Å². The van der Waals surface area contributed by atoms with Gasteiger partial charge in [0.25, 0.3) is 0 Å². The van der Waals surface area contributed by atoms with Crippen molar-refractivity contribution in [2.75, 3.05) is 44.3 Å². The fraction of sp³-hybridized carbons (Fsp3) is 0.583. The van der Waals surface area contributed by atoms with Crippen molar-refractivity contribution in [1.82, 2.24) is 10.3 Å². The molecule has 0 amide bonds. The minimum absolute atomic E-state index is 0.270. The van der Waals surface area contributed by atoms with Gasteiger partial charge in [0.05, 0.1) is 6.20 Å². The number of nitrogens with one attached hydrogen (secondary N) is 1. The van der Waals surface area contributed by atoms with Crippen molar-refractivity contribution < 1.29 is 18.6 Å². The van der Waals surface area contributed by atoms with E-state index in [1.807, 2.05) is 0 Å². The first kappa shape index (κ1) is 14.0. The lowest BCUT2D eigenvalue weighted by molar-refractivity contribution is -0.0801. The number of aromatic nitrogens is 1. The number of rotatable bonds is 5. The zero-order valence-corrected chi connectivity index (χ0v) is 10.5. The van der Waals surface area contributed by atoms with Gasteiger partial charge in [0, 0.05) is 26.2 Å². The van der Waals surface area contributed by atoms with Gasteiger partial charge in [-0.05, 0) is 12.1 Å². The highest BCUT2D eigenvalue weighted by atomic mass is 19.3. The monoisotopic (exact) mass is 273 g/mol. The molecular formula is C12H17F2N3O2. The smallest absolute Gasteiger partial charge is 0.303 e. The molecule has 7 heteroatoms. The number of pyridine rings is 1. The number of halogens is 2. The number of aliphatic hydroxyl groups is 1. The van der Waals surface area contributed by atoms with Gasteiger partial charge in [-0.3, -0.25) is 0 Å². The Morgan fingerprint density at radius 3 is 2.68 bits per heavy atom. The molecule has 1 aliphatic rings. The Morgan fingerprint density at radius 2 is 2.11 bits per heavy atom. The fourth-order valence-corrected chi connectivity index (χ4v) is 1.77. The minimum atomic E-state index is -3.22. The Hall–Kier alpha value is -1.47. The molecule has 2 rings (SSSR count). The van der Waals surface area contributed by atoms with Gasteiger partial charge in [0.1, 0.15) is 18.2 Å². The normalized spacial score (nSPS) is 16.5. The quantitative estimate of drug-likeness (QED) is 0.818. The van der Waals surface area contributed by atoms with Crippen LogP contribution in [-0.2, 0) is 0 Å². The van der Waals surface area contributed by atoms with Crippen molar-refractivity contribution in [3.8, 4) is 5.75 Å². The first-order valence-corrected chi connectivity index (χ1v) is 6.14. The maximum Gasteiger partial charge on any atom is 0.303 e. The van der Waals surface area contributed by atoms with Gasteiger partial charge in [-0.15, -0.1) is 0 Å². The van der Waals surface area contributed by atoms with E-state index in [0.717, 1.165) is 32.0 Å². The molecule has 1 saturated heterocycles. The lowest BCUT2D eigenvalue weighted by Gasteiger charge is -2.28. The summed E-state index contributed by atoms with van der Waals surface area (Å²) in [6, 6.07) is 3.36. The minimum Gasteiger partial charge on any atom is -0.486 e. The topological polar surface area (TPSA) is 57.6 Å². The predicted molar refractivity (Wildman–Crippen MR) is 66.8 cm³/mol. The summed E-state index contributed by atoms with van der Waals surface area (Å²) >= 11 is 0. The van der Waals surface area contributed by atoms with Crippen LogP contribution in [0, 0.1) is 0 Å². The number of ether oxygens (including phenoxy) is 1. The Bertz CT molecular complexity index is 394. The van der Waals surface area contributed by atoms with Gasteiger partial charge in [-0.25, -0.2) is 13.8 Å². The summed E-state index contributed by atoms with van der Waals surface area (Å²) in [5, 5.41) is 11.7. The standard InChI is InChI=1S/C12H17F2N3O2/c13-12(14,8-18)9-19-10-1-2-11(16-7-10)17-5-3-15-4-6-17/h1-2,7,15,18H,3-6,8-9H2. The third kappa shape index (κ3) is 4.00. The summed E-state index contributed by atoms with van der Waals surface area (Å²) in [5.74, 6) is -2.15. The summed E-state index contributed by atoms with van der Waals surface area (Å²) in [5.41, 5.74) is 0. The van der Waals surface area contributed by atoms with Crippen LogP contribution in [-0.4, -0.2) is 55.4 Å². The second-order valence-corrected chi connectivity index (χ2v) is 4.39. The van der Waals surface area contributed by atoms with Crippen molar-refractivity contribution in [2.24, 2.45) is 0 Å². The summed E-state index contributed by atoms with van der Waals surface area (Å²) < 4.78 is 30.5. The zero-order valence-electron chi connectivity index (χ0n) is 10.5. The average molecular weight is 273 g/mol. The van der Waals surface area contributed by atoms with Crippen LogP contribution in [0.25, 0.3) is 0 Å². The van der Waals surface area contributed by atoms with E-state index in [0.29, 0.717) is 0 Å². The van der Waals surface area contributed by atoms with E-state index in [2.05, 4.69) is 15.2 Å². The molecule has 0 aromatic carbocycles. The highest BCUT2D eigenvalue weighted by Crippen LogP contribution is 2.19. The molecule has 0 saturated carbocycles. The lowest BCUT2D eigenvalue weighted by atomic mass is 10.3. The molecule has 1 aliphatic heterocycles. The maximum absolute atomic E-state index is 12.8. The highest BCUT2D eigenvalue weighted by Gasteiger charge is 2.28. The highest BCUT2D eigenvalue weighted by molar-refractivity contribution is 5.41. The van der Waals surface area contributed by atoms with Gasteiger partial charge >= 0.3 is 5.92 Å². The first-order valence-electron chi connectivity index (χ1n) is 6.14. The summed E-state index contributed by atoms with van der Waals surface area (Å²) in [6.45, 7) is 1.48. The van der Waals surface area contributed by atoms with Gasteiger partial charge in [0.2, 0.25) is 0 Å². The summed E-state index contributed by atoms with van der Waals surface area (Å²) in [4.78, 5) is 6.31. The lowest BCUT2D eigenvalue weighted by Crippen LogP contribution is -2.43. The third-order valence-corrected chi connectivity index (χ3v) is 2.84.